The first kappa shape index (κ1) is 27.7. The Labute approximate surface area is 205 Å². The Morgan fingerprint density at radius 3 is 1.84 bits per heavy atom. The minimum Gasteiger partial charge on any atom is -0.400 e. The number of fused-ring (bicyclic) bond motifs is 1. The standard InChI is InChI=1S/C25H25N2.2CH4O.Ir/c1-17(2)20-13-10-14-21(18(3)4)24(20)27-23-16-9-8-15-22(23)26-25(27)19-11-6-5-7-12-19;2*1-2;/h5-11,13-18H,1-4H3;2*2H,1H3;/q-1;;;. The van der Waals surface area contributed by atoms with E-state index in [1.54, 1.807) is 0 Å². The van der Waals surface area contributed by atoms with Crippen LogP contribution < -0.4 is 0 Å². The maximum absolute atomic E-state index is 7.00. The first-order valence-electron chi connectivity index (χ1n) is 10.5. The van der Waals surface area contributed by atoms with E-state index in [1.807, 2.05) is 18.2 Å². The summed E-state index contributed by atoms with van der Waals surface area (Å²) in [5.41, 5.74) is 7.13. The summed E-state index contributed by atoms with van der Waals surface area (Å²) in [7, 11) is 2.00. The van der Waals surface area contributed by atoms with Gasteiger partial charge >= 0.3 is 0 Å². The second kappa shape index (κ2) is 13.3. The summed E-state index contributed by atoms with van der Waals surface area (Å²) in [4.78, 5) is 4.99. The van der Waals surface area contributed by atoms with Gasteiger partial charge in [-0.1, -0.05) is 58.0 Å². The smallest absolute Gasteiger partial charge is 0.0774 e. The molecule has 1 aromatic heterocycles. The van der Waals surface area contributed by atoms with Crippen molar-refractivity contribution in [2.24, 2.45) is 0 Å². The van der Waals surface area contributed by atoms with E-state index in [0.717, 1.165) is 36.6 Å². The topological polar surface area (TPSA) is 58.3 Å². The van der Waals surface area contributed by atoms with Gasteiger partial charge in [-0.15, -0.1) is 35.9 Å². The van der Waals surface area contributed by atoms with Crippen LogP contribution in [0.5, 0.6) is 0 Å². The molecule has 0 amide bonds. The fourth-order valence-electron chi connectivity index (χ4n) is 3.74. The van der Waals surface area contributed by atoms with Crippen LogP contribution in [0.4, 0.5) is 0 Å². The van der Waals surface area contributed by atoms with Gasteiger partial charge in [0.25, 0.3) is 0 Å². The Morgan fingerprint density at radius 1 is 0.750 bits per heavy atom. The molecular weight excluding hydrogens is 577 g/mol. The summed E-state index contributed by atoms with van der Waals surface area (Å²) in [5.74, 6) is 1.80. The maximum atomic E-state index is 7.00. The Hall–Kier alpha value is -2.30. The Morgan fingerprint density at radius 2 is 1.31 bits per heavy atom. The van der Waals surface area contributed by atoms with Crippen molar-refractivity contribution in [2.75, 3.05) is 14.2 Å². The van der Waals surface area contributed by atoms with Crippen LogP contribution in [-0.2, 0) is 20.1 Å². The van der Waals surface area contributed by atoms with Gasteiger partial charge in [0.15, 0.2) is 0 Å². The van der Waals surface area contributed by atoms with Gasteiger partial charge in [-0.05, 0) is 35.1 Å². The van der Waals surface area contributed by atoms with Gasteiger partial charge in [0, 0.05) is 40.0 Å². The molecule has 0 aliphatic heterocycles. The number of nitrogens with zero attached hydrogens (tertiary/aromatic N) is 2. The predicted octanol–water partition coefficient (Wildman–Crippen LogP) is 5.95. The molecule has 4 nitrogen and oxygen atoms in total. The van der Waals surface area contributed by atoms with Crippen LogP contribution in [0, 0.1) is 6.07 Å². The molecule has 1 heterocycles. The van der Waals surface area contributed by atoms with Gasteiger partial charge < -0.3 is 14.8 Å². The van der Waals surface area contributed by atoms with E-state index in [2.05, 4.69) is 86.9 Å². The monoisotopic (exact) mass is 610 g/mol. The zero-order chi connectivity index (χ0) is 23.0. The van der Waals surface area contributed by atoms with E-state index in [0.29, 0.717) is 11.8 Å². The summed E-state index contributed by atoms with van der Waals surface area (Å²) in [5, 5.41) is 14.0. The first-order chi connectivity index (χ1) is 15.1. The van der Waals surface area contributed by atoms with Crippen LogP contribution in [0.2, 0.25) is 0 Å². The van der Waals surface area contributed by atoms with Gasteiger partial charge in [-0.3, -0.25) is 4.98 Å². The number of benzene rings is 3. The summed E-state index contributed by atoms with van der Waals surface area (Å²) >= 11 is 0. The average Bonchev–Trinajstić information content (AvgIpc) is 3.21. The predicted molar refractivity (Wildman–Crippen MR) is 130 cm³/mol. The van der Waals surface area contributed by atoms with Crippen molar-refractivity contribution in [2.45, 2.75) is 39.5 Å². The van der Waals surface area contributed by atoms with Crippen molar-refractivity contribution in [1.29, 1.82) is 0 Å². The van der Waals surface area contributed by atoms with Crippen molar-refractivity contribution >= 4 is 11.0 Å². The molecule has 0 saturated carbocycles. The van der Waals surface area contributed by atoms with Crippen LogP contribution in [0.3, 0.4) is 0 Å². The number of aliphatic hydroxyl groups is 2. The third-order valence-electron chi connectivity index (χ3n) is 5.08. The number of para-hydroxylation sites is 3. The third kappa shape index (κ3) is 5.73. The fraction of sp³-hybridized carbons (Fsp3) is 0.296. The Balaban J connectivity index is 0.000000971. The molecule has 0 bridgehead atoms. The fourth-order valence-corrected chi connectivity index (χ4v) is 3.74. The summed E-state index contributed by atoms with van der Waals surface area (Å²) < 4.78 is 2.34. The molecule has 2 N–H and O–H groups in total. The molecule has 173 valence electrons. The largest absolute Gasteiger partial charge is 0.400 e. The van der Waals surface area contributed by atoms with Crippen molar-refractivity contribution in [1.82, 2.24) is 9.55 Å². The second-order valence-corrected chi connectivity index (χ2v) is 7.63. The van der Waals surface area contributed by atoms with Gasteiger partial charge in [0.05, 0.1) is 16.9 Å². The van der Waals surface area contributed by atoms with Gasteiger partial charge in [-0.2, -0.15) is 0 Å². The Bertz CT molecular complexity index is 1060. The minimum absolute atomic E-state index is 0. The van der Waals surface area contributed by atoms with Crippen LogP contribution >= 0.6 is 0 Å². The zero-order valence-electron chi connectivity index (χ0n) is 19.6. The van der Waals surface area contributed by atoms with E-state index in [1.165, 1.54) is 16.8 Å². The van der Waals surface area contributed by atoms with E-state index in [9.17, 15) is 0 Å². The minimum atomic E-state index is 0. The number of imidazole rings is 1. The van der Waals surface area contributed by atoms with Crippen LogP contribution in [-0.4, -0.2) is 34.0 Å². The number of hydrogen-bond acceptors (Lipinski definition) is 3. The van der Waals surface area contributed by atoms with E-state index in [4.69, 9.17) is 15.2 Å². The normalized spacial score (nSPS) is 10.2. The summed E-state index contributed by atoms with van der Waals surface area (Å²) in [6.45, 7) is 9.04. The molecule has 5 heteroatoms. The quantitative estimate of drug-likeness (QED) is 0.281. The summed E-state index contributed by atoms with van der Waals surface area (Å²) in [6.07, 6.45) is 0. The molecule has 3 aromatic carbocycles. The third-order valence-corrected chi connectivity index (χ3v) is 5.08. The van der Waals surface area contributed by atoms with E-state index < -0.39 is 0 Å². The molecule has 1 radical (unpaired) electrons. The molecule has 0 saturated heterocycles. The number of rotatable bonds is 4. The molecule has 4 aromatic rings. The van der Waals surface area contributed by atoms with Crippen molar-refractivity contribution in [3.8, 4) is 17.1 Å². The Kier molecular flexibility index (Phi) is 11.5. The molecule has 0 aliphatic carbocycles. The van der Waals surface area contributed by atoms with Crippen molar-refractivity contribution in [3.63, 3.8) is 0 Å². The molecule has 0 aliphatic rings. The van der Waals surface area contributed by atoms with E-state index in [-0.39, 0.29) is 20.1 Å². The van der Waals surface area contributed by atoms with Gasteiger partial charge in [0.2, 0.25) is 0 Å². The van der Waals surface area contributed by atoms with E-state index >= 15 is 0 Å². The SMILES string of the molecule is CC(C)c1cccc(C(C)C)c1-n1c(-c2[c-]cccc2)nc2ccccc21.CO.CO.[Ir]. The van der Waals surface area contributed by atoms with Gasteiger partial charge in [0.1, 0.15) is 0 Å². The zero-order valence-corrected chi connectivity index (χ0v) is 22.0. The number of hydrogen-bond donors (Lipinski definition) is 2. The maximum Gasteiger partial charge on any atom is 0.0774 e. The first-order valence-corrected chi connectivity index (χ1v) is 10.5. The second-order valence-electron chi connectivity index (χ2n) is 7.63. The van der Waals surface area contributed by atoms with Crippen molar-refractivity contribution < 1.29 is 30.3 Å². The van der Waals surface area contributed by atoms with Gasteiger partial charge in [-0.25, -0.2) is 0 Å². The average molecular weight is 610 g/mol. The van der Waals surface area contributed by atoms with Crippen molar-refractivity contribution in [3.05, 3.63) is 83.9 Å². The van der Waals surface area contributed by atoms with Crippen LogP contribution in [0.25, 0.3) is 28.1 Å². The molecule has 0 spiro atoms. The molecule has 0 atom stereocenters. The number of aliphatic hydroxyl groups excluding tert-OH is 2. The van der Waals surface area contributed by atoms with Crippen LogP contribution in [0.1, 0.15) is 50.7 Å². The molecule has 0 fully saturated rings. The van der Waals surface area contributed by atoms with Crippen LogP contribution in [0.15, 0.2) is 66.7 Å². The summed E-state index contributed by atoms with van der Waals surface area (Å²) in [6, 6.07) is 26.5. The molecular formula is C27H33IrN2O2-. The molecule has 32 heavy (non-hydrogen) atoms. The molecule has 0 unspecified atom stereocenters. The number of aromatic nitrogens is 2. The molecule has 4 rings (SSSR count).